The van der Waals surface area contributed by atoms with Gasteiger partial charge in [0.1, 0.15) is 5.75 Å². The third kappa shape index (κ3) is 2.09. The number of halogens is 1. The van der Waals surface area contributed by atoms with Crippen molar-refractivity contribution in [3.63, 3.8) is 0 Å². The minimum atomic E-state index is 0.616. The van der Waals surface area contributed by atoms with Gasteiger partial charge in [-0.3, -0.25) is 4.79 Å². The van der Waals surface area contributed by atoms with E-state index >= 15 is 0 Å². The maximum Gasteiger partial charge on any atom is 0.150 e. The van der Waals surface area contributed by atoms with Crippen LogP contribution in [-0.4, -0.2) is 18.2 Å². The summed E-state index contributed by atoms with van der Waals surface area (Å²) in [6, 6.07) is 11.4. The molecule has 0 spiro atoms. The highest BCUT2D eigenvalue weighted by Crippen LogP contribution is 2.27. The van der Waals surface area contributed by atoms with Crippen LogP contribution < -0.4 is 4.74 Å². The average Bonchev–Trinajstić information content (AvgIpc) is 2.36. The number of hydrogen-bond donors (Lipinski definition) is 0. The summed E-state index contributed by atoms with van der Waals surface area (Å²) >= 11 is 3.32. The van der Waals surface area contributed by atoms with Crippen molar-refractivity contribution in [2.24, 2.45) is 0 Å². The minimum absolute atomic E-state index is 0.616. The fourth-order valence-electron chi connectivity index (χ4n) is 1.67. The normalized spacial score (nSPS) is 10.3. The second-order valence-corrected chi connectivity index (χ2v) is 4.15. The Hall–Kier alpha value is -1.35. The van der Waals surface area contributed by atoms with Gasteiger partial charge in [-0.25, -0.2) is 0 Å². The van der Waals surface area contributed by atoms with Gasteiger partial charge in [0.05, 0.1) is 6.61 Å². The second-order valence-electron chi connectivity index (χ2n) is 3.35. The zero-order valence-electron chi connectivity index (χ0n) is 8.65. The Morgan fingerprint density at radius 1 is 1.12 bits per heavy atom. The summed E-state index contributed by atoms with van der Waals surface area (Å²) in [5.74, 6) is 0.820. The molecule has 0 saturated heterocycles. The lowest BCUT2D eigenvalue weighted by atomic mass is 10.0. The van der Waals surface area contributed by atoms with Crippen molar-refractivity contribution < 1.29 is 9.53 Å². The molecule has 0 aromatic heterocycles. The first-order valence-electron chi connectivity index (χ1n) is 5.02. The first-order chi connectivity index (χ1) is 7.86. The monoisotopic (exact) mass is 278 g/mol. The Morgan fingerprint density at radius 3 is 2.56 bits per heavy atom. The van der Waals surface area contributed by atoms with Gasteiger partial charge in [-0.05, 0) is 17.5 Å². The largest absolute Gasteiger partial charge is 0.492 e. The molecule has 3 heteroatoms. The third-order valence-electron chi connectivity index (χ3n) is 2.38. The summed E-state index contributed by atoms with van der Waals surface area (Å²) in [5, 5.41) is 2.70. The van der Waals surface area contributed by atoms with Crippen LogP contribution in [0.15, 0.2) is 36.4 Å². The Bertz CT molecular complexity index is 508. The molecule has 16 heavy (non-hydrogen) atoms. The quantitative estimate of drug-likeness (QED) is 0.633. The van der Waals surface area contributed by atoms with E-state index < -0.39 is 0 Å². The third-order valence-corrected chi connectivity index (χ3v) is 2.70. The van der Waals surface area contributed by atoms with Crippen LogP contribution in [0.3, 0.4) is 0 Å². The Balaban J connectivity index is 2.55. The fourth-order valence-corrected chi connectivity index (χ4v) is 1.83. The fraction of sp³-hybridized carbons (Fsp3) is 0.154. The van der Waals surface area contributed by atoms with Gasteiger partial charge < -0.3 is 4.74 Å². The molecule has 0 bridgehead atoms. The summed E-state index contributed by atoms with van der Waals surface area (Å²) in [7, 11) is 0. The first-order valence-corrected chi connectivity index (χ1v) is 6.14. The van der Waals surface area contributed by atoms with Crippen LogP contribution >= 0.6 is 15.9 Å². The predicted molar refractivity (Wildman–Crippen MR) is 68.6 cm³/mol. The smallest absolute Gasteiger partial charge is 0.150 e. The molecule has 0 unspecified atom stereocenters. The molecule has 0 N–H and O–H groups in total. The van der Waals surface area contributed by atoms with Crippen LogP contribution in [0, 0.1) is 0 Å². The van der Waals surface area contributed by atoms with Gasteiger partial charge in [-0.2, -0.15) is 0 Å². The molecule has 0 fully saturated rings. The van der Waals surface area contributed by atoms with Crippen molar-refractivity contribution in [2.45, 2.75) is 0 Å². The van der Waals surface area contributed by atoms with Gasteiger partial charge in [-0.15, -0.1) is 0 Å². The summed E-state index contributed by atoms with van der Waals surface area (Å²) in [6.07, 6.45) is 0.872. The molecule has 0 amide bonds. The van der Waals surface area contributed by atoms with Crippen molar-refractivity contribution in [1.82, 2.24) is 0 Å². The molecule has 0 aliphatic rings. The lowest BCUT2D eigenvalue weighted by Gasteiger charge is -2.09. The van der Waals surface area contributed by atoms with Crippen molar-refractivity contribution in [1.29, 1.82) is 0 Å². The van der Waals surface area contributed by atoms with Crippen molar-refractivity contribution in [3.05, 3.63) is 42.0 Å². The molecule has 0 aliphatic carbocycles. The maximum atomic E-state index is 10.9. The average molecular weight is 279 g/mol. The Morgan fingerprint density at radius 2 is 1.88 bits per heavy atom. The Kier molecular flexibility index (Phi) is 3.57. The van der Waals surface area contributed by atoms with Crippen molar-refractivity contribution in [3.8, 4) is 5.75 Å². The molecular formula is C13H11BrO2. The van der Waals surface area contributed by atoms with Crippen LogP contribution in [0.5, 0.6) is 5.75 Å². The highest BCUT2D eigenvalue weighted by molar-refractivity contribution is 9.09. The van der Waals surface area contributed by atoms with E-state index in [2.05, 4.69) is 15.9 Å². The molecule has 82 valence electrons. The van der Waals surface area contributed by atoms with Crippen molar-refractivity contribution in [2.75, 3.05) is 11.9 Å². The van der Waals surface area contributed by atoms with E-state index in [1.165, 1.54) is 0 Å². The first kappa shape index (κ1) is 11.1. The zero-order chi connectivity index (χ0) is 11.4. The molecule has 0 heterocycles. The number of carbonyl (C=O) groups excluding carboxylic acids is 1. The summed E-state index contributed by atoms with van der Waals surface area (Å²) in [5.41, 5.74) is 0.696. The van der Waals surface area contributed by atoms with E-state index in [1.54, 1.807) is 6.07 Å². The van der Waals surface area contributed by atoms with E-state index in [0.29, 0.717) is 12.2 Å². The van der Waals surface area contributed by atoms with Gasteiger partial charge in [0.15, 0.2) is 6.29 Å². The SMILES string of the molecule is O=Cc1ccc(OCCBr)c2ccccc12. The number of benzene rings is 2. The Labute approximate surface area is 102 Å². The number of hydrogen-bond acceptors (Lipinski definition) is 2. The zero-order valence-corrected chi connectivity index (χ0v) is 10.2. The number of rotatable bonds is 4. The minimum Gasteiger partial charge on any atom is -0.492 e. The maximum absolute atomic E-state index is 10.9. The van der Waals surface area contributed by atoms with E-state index in [4.69, 9.17) is 4.74 Å². The van der Waals surface area contributed by atoms with E-state index in [0.717, 1.165) is 28.1 Å². The summed E-state index contributed by atoms with van der Waals surface area (Å²) < 4.78 is 5.61. The molecule has 2 aromatic carbocycles. The van der Waals surface area contributed by atoms with Gasteiger partial charge >= 0.3 is 0 Å². The molecule has 2 aromatic rings. The van der Waals surface area contributed by atoms with Crippen molar-refractivity contribution >= 4 is 33.0 Å². The molecule has 0 radical (unpaired) electrons. The number of ether oxygens (including phenoxy) is 1. The standard InChI is InChI=1S/C13H11BrO2/c14-7-8-16-13-6-5-10(9-15)11-3-1-2-4-12(11)13/h1-6,9H,7-8H2. The number of aldehydes is 1. The molecule has 2 nitrogen and oxygen atoms in total. The second kappa shape index (κ2) is 5.12. The molecular weight excluding hydrogens is 268 g/mol. The van der Waals surface area contributed by atoms with Crippen LogP contribution in [0.1, 0.15) is 10.4 Å². The topological polar surface area (TPSA) is 26.3 Å². The van der Waals surface area contributed by atoms with E-state index in [-0.39, 0.29) is 0 Å². The number of carbonyl (C=O) groups is 1. The number of fused-ring (bicyclic) bond motifs is 1. The highest BCUT2D eigenvalue weighted by atomic mass is 79.9. The van der Waals surface area contributed by atoms with E-state index in [9.17, 15) is 4.79 Å². The molecule has 0 atom stereocenters. The van der Waals surface area contributed by atoms with Gasteiger partial charge in [0.2, 0.25) is 0 Å². The highest BCUT2D eigenvalue weighted by Gasteiger charge is 2.05. The molecule has 0 saturated carbocycles. The lowest BCUT2D eigenvalue weighted by Crippen LogP contribution is -1.98. The number of alkyl halides is 1. The molecule has 0 aliphatic heterocycles. The summed E-state index contributed by atoms with van der Waals surface area (Å²) in [4.78, 5) is 10.9. The van der Waals surface area contributed by atoms with E-state index in [1.807, 2.05) is 30.3 Å². The predicted octanol–water partition coefficient (Wildman–Crippen LogP) is 3.43. The van der Waals surface area contributed by atoms with Crippen LogP contribution in [0.4, 0.5) is 0 Å². The van der Waals surface area contributed by atoms with Gasteiger partial charge in [-0.1, -0.05) is 40.2 Å². The molecule has 2 rings (SSSR count). The van der Waals surface area contributed by atoms with Gasteiger partial charge in [0.25, 0.3) is 0 Å². The van der Waals surface area contributed by atoms with Crippen LogP contribution in [0.2, 0.25) is 0 Å². The lowest BCUT2D eigenvalue weighted by molar-refractivity contribution is 0.112. The van der Waals surface area contributed by atoms with Crippen LogP contribution in [-0.2, 0) is 0 Å². The summed E-state index contributed by atoms with van der Waals surface area (Å²) in [6.45, 7) is 0.616. The van der Waals surface area contributed by atoms with Gasteiger partial charge in [0, 0.05) is 16.3 Å². The van der Waals surface area contributed by atoms with Crippen LogP contribution in [0.25, 0.3) is 10.8 Å².